The molecule has 6 heteroatoms. The second kappa shape index (κ2) is 11.0. The van der Waals surface area contributed by atoms with Crippen LogP contribution in [-0.4, -0.2) is 36.2 Å². The third-order valence-corrected chi connectivity index (χ3v) is 9.18. The summed E-state index contributed by atoms with van der Waals surface area (Å²) in [5, 5.41) is 0. The zero-order valence-electron chi connectivity index (χ0n) is 24.9. The molecule has 1 aliphatic heterocycles. The number of rotatable bonds is 9. The van der Waals surface area contributed by atoms with E-state index >= 15 is 0 Å². The molecule has 208 valence electrons. The van der Waals surface area contributed by atoms with E-state index in [1.807, 2.05) is 20.8 Å². The van der Waals surface area contributed by atoms with Crippen LogP contribution in [0.1, 0.15) is 109 Å². The van der Waals surface area contributed by atoms with E-state index in [0.717, 1.165) is 6.42 Å². The van der Waals surface area contributed by atoms with E-state index in [2.05, 4.69) is 48.5 Å². The van der Waals surface area contributed by atoms with Gasteiger partial charge in [0.05, 0.1) is 12.0 Å². The van der Waals surface area contributed by atoms with Gasteiger partial charge in [0.2, 0.25) is 0 Å². The Morgan fingerprint density at radius 2 is 1.64 bits per heavy atom. The molecular formula is C30H52O6. The van der Waals surface area contributed by atoms with Crippen molar-refractivity contribution in [2.24, 2.45) is 45.8 Å². The van der Waals surface area contributed by atoms with Crippen molar-refractivity contribution in [2.45, 2.75) is 127 Å². The van der Waals surface area contributed by atoms with Crippen LogP contribution in [0.4, 0.5) is 0 Å². The Balaban J connectivity index is 2.28. The van der Waals surface area contributed by atoms with Crippen molar-refractivity contribution >= 4 is 17.9 Å². The Morgan fingerprint density at radius 1 is 1.06 bits per heavy atom. The van der Waals surface area contributed by atoms with E-state index in [4.69, 9.17) is 14.2 Å². The lowest BCUT2D eigenvalue weighted by molar-refractivity contribution is -0.176. The van der Waals surface area contributed by atoms with Crippen LogP contribution in [0, 0.1) is 45.8 Å². The van der Waals surface area contributed by atoms with Crippen molar-refractivity contribution in [1.29, 1.82) is 0 Å². The molecule has 8 atom stereocenters. The summed E-state index contributed by atoms with van der Waals surface area (Å²) in [4.78, 5) is 39.7. The van der Waals surface area contributed by atoms with Gasteiger partial charge in [0.1, 0.15) is 12.2 Å². The lowest BCUT2D eigenvalue weighted by Gasteiger charge is -2.44. The normalized spacial score (nSPS) is 31.0. The topological polar surface area (TPSA) is 78.9 Å². The molecule has 0 aromatic rings. The van der Waals surface area contributed by atoms with Gasteiger partial charge in [0.25, 0.3) is 0 Å². The summed E-state index contributed by atoms with van der Waals surface area (Å²) in [7, 11) is 0. The van der Waals surface area contributed by atoms with E-state index in [9.17, 15) is 14.4 Å². The molecule has 2 fully saturated rings. The molecule has 36 heavy (non-hydrogen) atoms. The summed E-state index contributed by atoms with van der Waals surface area (Å²) >= 11 is 0. The van der Waals surface area contributed by atoms with Gasteiger partial charge in [-0.3, -0.25) is 14.4 Å². The van der Waals surface area contributed by atoms with Gasteiger partial charge in [-0.15, -0.1) is 0 Å². The highest BCUT2D eigenvalue weighted by Gasteiger charge is 2.68. The highest BCUT2D eigenvalue weighted by atomic mass is 16.6. The zero-order valence-corrected chi connectivity index (χ0v) is 24.9. The van der Waals surface area contributed by atoms with Crippen molar-refractivity contribution in [3.8, 4) is 0 Å². The maximum absolute atomic E-state index is 13.6. The highest BCUT2D eigenvalue weighted by Crippen LogP contribution is 2.54. The van der Waals surface area contributed by atoms with Crippen LogP contribution in [0.2, 0.25) is 0 Å². The van der Waals surface area contributed by atoms with Gasteiger partial charge in [0, 0.05) is 11.8 Å². The number of fused-ring (bicyclic) bond motifs is 2. The first kappa shape index (κ1) is 30.6. The Bertz CT molecular complexity index is 803. The Labute approximate surface area is 219 Å². The molecular weight excluding hydrogens is 456 g/mol. The molecule has 0 spiro atoms. The van der Waals surface area contributed by atoms with E-state index in [1.54, 1.807) is 13.8 Å². The van der Waals surface area contributed by atoms with Gasteiger partial charge in [-0.05, 0) is 62.2 Å². The molecule has 2 bridgehead atoms. The van der Waals surface area contributed by atoms with Gasteiger partial charge >= 0.3 is 17.9 Å². The number of hydrogen-bond donors (Lipinski definition) is 0. The molecule has 1 saturated heterocycles. The number of ether oxygens (including phenoxy) is 3. The van der Waals surface area contributed by atoms with Gasteiger partial charge in [0.15, 0.2) is 5.41 Å². The zero-order chi connectivity index (χ0) is 27.8. The number of esters is 3. The summed E-state index contributed by atoms with van der Waals surface area (Å²) in [5.74, 6) is -1.32. The second-order valence-corrected chi connectivity index (χ2v) is 13.8. The fourth-order valence-corrected chi connectivity index (χ4v) is 6.31. The second-order valence-electron chi connectivity index (χ2n) is 13.8. The Morgan fingerprint density at radius 3 is 2.08 bits per heavy atom. The molecule has 0 aromatic carbocycles. The number of hydrogen-bond acceptors (Lipinski definition) is 6. The van der Waals surface area contributed by atoms with Crippen molar-refractivity contribution in [2.75, 3.05) is 0 Å². The van der Waals surface area contributed by atoms with E-state index < -0.39 is 35.5 Å². The largest absolute Gasteiger partial charge is 0.462 e. The van der Waals surface area contributed by atoms with Crippen LogP contribution in [0.3, 0.4) is 0 Å². The third kappa shape index (κ3) is 5.93. The van der Waals surface area contributed by atoms with Crippen molar-refractivity contribution < 1.29 is 28.6 Å². The smallest absolute Gasteiger partial charge is 0.324 e. The van der Waals surface area contributed by atoms with Crippen LogP contribution in [0.25, 0.3) is 0 Å². The third-order valence-electron chi connectivity index (χ3n) is 9.18. The maximum Gasteiger partial charge on any atom is 0.324 e. The average Bonchev–Trinajstić information content (AvgIpc) is 2.90. The van der Waals surface area contributed by atoms with E-state index in [-0.39, 0.29) is 41.2 Å². The van der Waals surface area contributed by atoms with Crippen LogP contribution >= 0.6 is 0 Å². The van der Waals surface area contributed by atoms with Crippen LogP contribution in [-0.2, 0) is 28.6 Å². The standard InChI is InChI=1S/C30H52O6/c1-13-20(15-22(29(10,11)12)18(5)28(7,8)9)25(31)35-24-21(14-2)16-30(26(32)34-17(3)4)19(6)23(24)36-27(30)33/h17-24H,13-16H2,1-12H3. The van der Waals surface area contributed by atoms with Crippen molar-refractivity contribution in [1.82, 2.24) is 0 Å². The highest BCUT2D eigenvalue weighted by molar-refractivity contribution is 6.02. The summed E-state index contributed by atoms with van der Waals surface area (Å²) in [6, 6.07) is 0. The predicted octanol–water partition coefficient (Wildman–Crippen LogP) is 6.59. The first-order chi connectivity index (χ1) is 16.4. The molecule has 0 aromatic heterocycles. The molecule has 2 rings (SSSR count). The lowest BCUT2D eigenvalue weighted by atomic mass is 9.62. The molecule has 2 aliphatic rings. The maximum atomic E-state index is 13.6. The number of carbonyl (C=O) groups excluding carboxylic acids is 3. The first-order valence-corrected chi connectivity index (χ1v) is 14.0. The molecule has 1 aliphatic carbocycles. The van der Waals surface area contributed by atoms with Crippen LogP contribution in [0.15, 0.2) is 0 Å². The summed E-state index contributed by atoms with van der Waals surface area (Å²) < 4.78 is 17.5. The van der Waals surface area contributed by atoms with Gasteiger partial charge in [-0.1, -0.05) is 69.2 Å². The Kier molecular flexibility index (Phi) is 9.38. The molecule has 1 saturated carbocycles. The van der Waals surface area contributed by atoms with Crippen molar-refractivity contribution in [3.63, 3.8) is 0 Å². The average molecular weight is 509 g/mol. The summed E-state index contributed by atoms with van der Waals surface area (Å²) in [6.45, 7) is 25.3. The van der Waals surface area contributed by atoms with Crippen LogP contribution < -0.4 is 0 Å². The quantitative estimate of drug-likeness (QED) is 0.199. The molecule has 8 unspecified atom stereocenters. The molecule has 1 heterocycles. The molecule has 0 amide bonds. The van der Waals surface area contributed by atoms with Crippen molar-refractivity contribution in [3.05, 3.63) is 0 Å². The number of carbonyl (C=O) groups is 3. The molecule has 0 radical (unpaired) electrons. The predicted molar refractivity (Wildman–Crippen MR) is 141 cm³/mol. The summed E-state index contributed by atoms with van der Waals surface area (Å²) in [6.07, 6.45) is 0.902. The SMILES string of the molecule is CCC(CC(C(C)C(C)(C)C)C(C)(C)C)C(=O)OC1C(CC)CC2(C(=O)OC(C)C)C(=O)OC1C2C. The molecule has 0 N–H and O–H groups in total. The minimum Gasteiger partial charge on any atom is -0.462 e. The fourth-order valence-electron chi connectivity index (χ4n) is 6.31. The fraction of sp³-hybridized carbons (Fsp3) is 0.900. The van der Waals surface area contributed by atoms with Crippen LogP contribution in [0.5, 0.6) is 0 Å². The minimum absolute atomic E-state index is 0.0447. The monoisotopic (exact) mass is 508 g/mol. The Hall–Kier alpha value is -1.59. The molecule has 6 nitrogen and oxygen atoms in total. The lowest BCUT2D eigenvalue weighted by Crippen LogP contribution is -2.53. The minimum atomic E-state index is -1.32. The van der Waals surface area contributed by atoms with Gasteiger partial charge < -0.3 is 14.2 Å². The van der Waals surface area contributed by atoms with E-state index in [1.165, 1.54) is 0 Å². The first-order valence-electron chi connectivity index (χ1n) is 14.0. The van der Waals surface area contributed by atoms with E-state index in [0.29, 0.717) is 24.7 Å². The summed E-state index contributed by atoms with van der Waals surface area (Å²) in [5.41, 5.74) is -1.15. The van der Waals surface area contributed by atoms with Gasteiger partial charge in [-0.25, -0.2) is 0 Å². The van der Waals surface area contributed by atoms with Gasteiger partial charge in [-0.2, -0.15) is 0 Å².